The van der Waals surface area contributed by atoms with Gasteiger partial charge in [0.2, 0.25) is 0 Å². The molecule has 2 unspecified atom stereocenters. The van der Waals surface area contributed by atoms with Crippen LogP contribution in [0.1, 0.15) is 57.9 Å². The normalized spacial score (nSPS) is 23.9. The number of hydrogen-bond acceptors (Lipinski definition) is 1. The molecule has 0 spiro atoms. The standard InChI is InChI=1S/C17H25ClFN/c1-17(2,3)20-11-12-6-4-5-7-14(12)15-9-8-13(18)10-16(15)19/h8-10,12,14,20H,4-7,11H2,1-3H3. The van der Waals surface area contributed by atoms with E-state index in [1.54, 1.807) is 0 Å². The van der Waals surface area contributed by atoms with Gasteiger partial charge in [-0.15, -0.1) is 0 Å². The Bertz CT molecular complexity index is 453. The summed E-state index contributed by atoms with van der Waals surface area (Å²) in [7, 11) is 0. The Labute approximate surface area is 126 Å². The maximum Gasteiger partial charge on any atom is 0.128 e. The Morgan fingerprint density at radius 2 is 1.95 bits per heavy atom. The van der Waals surface area contributed by atoms with E-state index in [1.165, 1.54) is 25.3 Å². The Balaban J connectivity index is 2.14. The molecule has 0 bridgehead atoms. The Kier molecular flexibility index (Phi) is 5.09. The molecule has 1 N–H and O–H groups in total. The molecule has 1 aromatic carbocycles. The second-order valence-electron chi connectivity index (χ2n) is 6.95. The van der Waals surface area contributed by atoms with Crippen LogP contribution in [0, 0.1) is 11.7 Å². The molecule has 1 aromatic rings. The summed E-state index contributed by atoms with van der Waals surface area (Å²) in [6.45, 7) is 7.48. The summed E-state index contributed by atoms with van der Waals surface area (Å²) in [5.41, 5.74) is 0.954. The van der Waals surface area contributed by atoms with Crippen molar-refractivity contribution in [1.29, 1.82) is 0 Å². The molecule has 2 rings (SSSR count). The minimum atomic E-state index is -0.148. The zero-order valence-corrected chi connectivity index (χ0v) is 13.4. The SMILES string of the molecule is CC(C)(C)NCC1CCCCC1c1ccc(Cl)cc1F. The van der Waals surface area contributed by atoms with Gasteiger partial charge in [-0.1, -0.05) is 30.5 Å². The van der Waals surface area contributed by atoms with Crippen LogP contribution in [-0.4, -0.2) is 12.1 Å². The van der Waals surface area contributed by atoms with E-state index < -0.39 is 0 Å². The maximum absolute atomic E-state index is 14.2. The van der Waals surface area contributed by atoms with Crippen LogP contribution in [-0.2, 0) is 0 Å². The number of halogens is 2. The first-order chi connectivity index (χ1) is 9.37. The molecular weight excluding hydrogens is 273 g/mol. The van der Waals surface area contributed by atoms with E-state index in [-0.39, 0.29) is 11.4 Å². The van der Waals surface area contributed by atoms with Gasteiger partial charge in [0.15, 0.2) is 0 Å². The van der Waals surface area contributed by atoms with Crippen LogP contribution in [0.4, 0.5) is 4.39 Å². The molecule has 0 heterocycles. The topological polar surface area (TPSA) is 12.0 Å². The van der Waals surface area contributed by atoms with Gasteiger partial charge in [0.05, 0.1) is 0 Å². The van der Waals surface area contributed by atoms with Crippen molar-refractivity contribution >= 4 is 11.6 Å². The van der Waals surface area contributed by atoms with Gasteiger partial charge in [0.25, 0.3) is 0 Å². The maximum atomic E-state index is 14.2. The Morgan fingerprint density at radius 3 is 2.60 bits per heavy atom. The fourth-order valence-corrected chi connectivity index (χ4v) is 3.26. The van der Waals surface area contributed by atoms with Gasteiger partial charge in [0.1, 0.15) is 5.82 Å². The van der Waals surface area contributed by atoms with Crippen molar-refractivity contribution < 1.29 is 4.39 Å². The average molecular weight is 298 g/mol. The van der Waals surface area contributed by atoms with Crippen LogP contribution in [0.2, 0.25) is 5.02 Å². The van der Waals surface area contributed by atoms with E-state index in [9.17, 15) is 4.39 Å². The van der Waals surface area contributed by atoms with Crippen LogP contribution in [0.25, 0.3) is 0 Å². The van der Waals surface area contributed by atoms with Crippen LogP contribution in [0.15, 0.2) is 18.2 Å². The van der Waals surface area contributed by atoms with Crippen molar-refractivity contribution in [3.05, 3.63) is 34.6 Å². The van der Waals surface area contributed by atoms with Crippen LogP contribution in [0.5, 0.6) is 0 Å². The molecule has 0 saturated heterocycles. The molecule has 0 amide bonds. The first kappa shape index (κ1) is 15.8. The molecule has 112 valence electrons. The lowest BCUT2D eigenvalue weighted by Gasteiger charge is -2.34. The number of nitrogens with one attached hydrogen (secondary N) is 1. The minimum Gasteiger partial charge on any atom is -0.312 e. The van der Waals surface area contributed by atoms with Gasteiger partial charge in [-0.05, 0) is 69.7 Å². The van der Waals surface area contributed by atoms with Crippen molar-refractivity contribution in [3.8, 4) is 0 Å². The van der Waals surface area contributed by atoms with E-state index in [0.717, 1.165) is 18.5 Å². The first-order valence-corrected chi connectivity index (χ1v) is 7.94. The molecule has 0 aliphatic heterocycles. The summed E-state index contributed by atoms with van der Waals surface area (Å²) in [6, 6.07) is 5.13. The van der Waals surface area contributed by atoms with Crippen molar-refractivity contribution in [2.75, 3.05) is 6.54 Å². The highest BCUT2D eigenvalue weighted by Crippen LogP contribution is 2.39. The van der Waals surface area contributed by atoms with Gasteiger partial charge in [0, 0.05) is 10.6 Å². The Hall–Kier alpha value is -0.600. The fraction of sp³-hybridized carbons (Fsp3) is 0.647. The average Bonchev–Trinajstić information content (AvgIpc) is 2.36. The molecule has 1 nitrogen and oxygen atoms in total. The minimum absolute atomic E-state index is 0.112. The highest BCUT2D eigenvalue weighted by atomic mass is 35.5. The molecule has 2 atom stereocenters. The zero-order chi connectivity index (χ0) is 14.8. The smallest absolute Gasteiger partial charge is 0.128 e. The summed E-state index contributed by atoms with van der Waals surface area (Å²) < 4.78 is 14.2. The molecule has 3 heteroatoms. The van der Waals surface area contributed by atoms with Gasteiger partial charge in [-0.3, -0.25) is 0 Å². The predicted molar refractivity (Wildman–Crippen MR) is 83.9 cm³/mol. The van der Waals surface area contributed by atoms with Crippen molar-refractivity contribution in [1.82, 2.24) is 5.32 Å². The lowest BCUT2D eigenvalue weighted by atomic mass is 9.75. The Morgan fingerprint density at radius 1 is 1.25 bits per heavy atom. The van der Waals surface area contributed by atoms with E-state index in [0.29, 0.717) is 16.9 Å². The third kappa shape index (κ3) is 4.20. The number of benzene rings is 1. The van der Waals surface area contributed by atoms with Crippen LogP contribution >= 0.6 is 11.6 Å². The molecule has 1 aliphatic carbocycles. The van der Waals surface area contributed by atoms with Gasteiger partial charge in [-0.2, -0.15) is 0 Å². The van der Waals surface area contributed by atoms with E-state index in [4.69, 9.17) is 11.6 Å². The zero-order valence-electron chi connectivity index (χ0n) is 12.7. The molecule has 1 fully saturated rings. The summed E-state index contributed by atoms with van der Waals surface area (Å²) in [5.74, 6) is 0.680. The monoisotopic (exact) mass is 297 g/mol. The fourth-order valence-electron chi connectivity index (χ4n) is 3.10. The summed E-state index contributed by atoms with van der Waals surface area (Å²) >= 11 is 5.86. The molecule has 1 saturated carbocycles. The van der Waals surface area contributed by atoms with Gasteiger partial charge in [-0.25, -0.2) is 4.39 Å². The second-order valence-corrected chi connectivity index (χ2v) is 7.38. The summed E-state index contributed by atoms with van der Waals surface area (Å²) in [6.07, 6.45) is 4.70. The predicted octanol–water partition coefficient (Wildman–Crippen LogP) is 5.14. The third-order valence-electron chi connectivity index (χ3n) is 4.17. The van der Waals surface area contributed by atoms with E-state index in [2.05, 4.69) is 26.1 Å². The number of hydrogen-bond donors (Lipinski definition) is 1. The highest BCUT2D eigenvalue weighted by molar-refractivity contribution is 6.30. The lowest BCUT2D eigenvalue weighted by Crippen LogP contribution is -2.41. The van der Waals surface area contributed by atoms with Gasteiger partial charge < -0.3 is 5.32 Å². The van der Waals surface area contributed by atoms with E-state index >= 15 is 0 Å². The summed E-state index contributed by atoms with van der Waals surface area (Å²) in [4.78, 5) is 0. The van der Waals surface area contributed by atoms with Crippen molar-refractivity contribution in [2.24, 2.45) is 5.92 Å². The van der Waals surface area contributed by atoms with Crippen LogP contribution < -0.4 is 5.32 Å². The quantitative estimate of drug-likeness (QED) is 0.814. The van der Waals surface area contributed by atoms with E-state index in [1.807, 2.05) is 12.1 Å². The molecule has 20 heavy (non-hydrogen) atoms. The lowest BCUT2D eigenvalue weighted by molar-refractivity contribution is 0.265. The van der Waals surface area contributed by atoms with Crippen molar-refractivity contribution in [2.45, 2.75) is 57.9 Å². The third-order valence-corrected chi connectivity index (χ3v) is 4.40. The van der Waals surface area contributed by atoms with Crippen LogP contribution in [0.3, 0.4) is 0 Å². The van der Waals surface area contributed by atoms with Crippen molar-refractivity contribution in [3.63, 3.8) is 0 Å². The molecule has 0 radical (unpaired) electrons. The molecule has 0 aromatic heterocycles. The molecule has 1 aliphatic rings. The number of rotatable bonds is 3. The second kappa shape index (κ2) is 6.44. The van der Waals surface area contributed by atoms with Gasteiger partial charge >= 0.3 is 0 Å². The summed E-state index contributed by atoms with van der Waals surface area (Å²) in [5, 5.41) is 4.05. The largest absolute Gasteiger partial charge is 0.312 e. The first-order valence-electron chi connectivity index (χ1n) is 7.57. The highest BCUT2D eigenvalue weighted by Gasteiger charge is 2.29. The molecular formula is C17H25ClFN.